The first-order valence-corrected chi connectivity index (χ1v) is 11.6. The number of rotatable bonds is 7. The summed E-state index contributed by atoms with van der Waals surface area (Å²) in [5, 5.41) is 3.81. The van der Waals surface area contributed by atoms with Crippen LogP contribution in [0.2, 0.25) is 0 Å². The summed E-state index contributed by atoms with van der Waals surface area (Å²) in [7, 11) is -3.70. The van der Waals surface area contributed by atoms with E-state index in [4.69, 9.17) is 0 Å². The van der Waals surface area contributed by atoms with Crippen LogP contribution in [0, 0.1) is 5.82 Å². The Balaban J connectivity index is 1.39. The van der Waals surface area contributed by atoms with E-state index in [9.17, 15) is 17.6 Å². The van der Waals surface area contributed by atoms with Gasteiger partial charge in [0.15, 0.2) is 0 Å². The molecule has 0 spiro atoms. The van der Waals surface area contributed by atoms with Gasteiger partial charge in [-0.2, -0.15) is 0 Å². The fourth-order valence-corrected chi connectivity index (χ4v) is 4.94. The maximum Gasteiger partial charge on any atom is 0.240 e. The lowest BCUT2D eigenvalue weighted by Gasteiger charge is -2.12. The van der Waals surface area contributed by atoms with E-state index in [1.54, 1.807) is 24.4 Å². The minimum Gasteiger partial charge on any atom is -0.360 e. The highest BCUT2D eigenvalue weighted by Gasteiger charge is 2.18. The molecular formula is C22H24FN3O3S. The summed E-state index contributed by atoms with van der Waals surface area (Å²) in [5.41, 5.74) is 2.37. The SMILES string of the molecule is O=C(CCNS(=O)(=O)c1ccc(-c2c[nH]c3cc(F)ccc23)cc1)NC1CCCC1. The Labute approximate surface area is 174 Å². The molecule has 1 amide bonds. The average molecular weight is 430 g/mol. The molecule has 1 heterocycles. The first kappa shape index (κ1) is 20.6. The van der Waals surface area contributed by atoms with Crippen LogP contribution in [-0.2, 0) is 14.8 Å². The maximum absolute atomic E-state index is 13.4. The van der Waals surface area contributed by atoms with Crippen molar-refractivity contribution in [2.24, 2.45) is 0 Å². The number of nitrogens with one attached hydrogen (secondary N) is 3. The maximum atomic E-state index is 13.4. The number of sulfonamides is 1. The summed E-state index contributed by atoms with van der Waals surface area (Å²) < 4.78 is 40.9. The van der Waals surface area contributed by atoms with Gasteiger partial charge in [0.25, 0.3) is 0 Å². The van der Waals surface area contributed by atoms with Crippen LogP contribution in [0.4, 0.5) is 4.39 Å². The zero-order valence-corrected chi connectivity index (χ0v) is 17.3. The Morgan fingerprint density at radius 2 is 1.83 bits per heavy atom. The largest absolute Gasteiger partial charge is 0.360 e. The fourth-order valence-electron chi connectivity index (χ4n) is 3.90. The van der Waals surface area contributed by atoms with Crippen molar-refractivity contribution < 1.29 is 17.6 Å². The van der Waals surface area contributed by atoms with Gasteiger partial charge in [-0.05, 0) is 48.7 Å². The molecule has 1 aromatic heterocycles. The Hall–Kier alpha value is -2.71. The normalized spacial score (nSPS) is 15.0. The van der Waals surface area contributed by atoms with E-state index in [0.717, 1.165) is 42.2 Å². The monoisotopic (exact) mass is 429 g/mol. The molecule has 3 aromatic rings. The molecule has 1 fully saturated rings. The third-order valence-corrected chi connectivity index (χ3v) is 6.96. The Bertz CT molecular complexity index is 1150. The lowest BCUT2D eigenvalue weighted by atomic mass is 10.1. The first-order chi connectivity index (χ1) is 14.4. The molecule has 4 rings (SSSR count). The Kier molecular flexibility index (Phi) is 5.87. The van der Waals surface area contributed by atoms with Crippen molar-refractivity contribution in [2.45, 2.75) is 43.0 Å². The van der Waals surface area contributed by atoms with E-state index < -0.39 is 10.0 Å². The molecule has 3 N–H and O–H groups in total. The van der Waals surface area contributed by atoms with E-state index in [0.29, 0.717) is 5.52 Å². The zero-order valence-electron chi connectivity index (χ0n) is 16.4. The molecule has 0 radical (unpaired) electrons. The molecule has 6 nitrogen and oxygen atoms in total. The molecule has 0 saturated heterocycles. The molecule has 0 atom stereocenters. The van der Waals surface area contributed by atoms with Gasteiger partial charge >= 0.3 is 0 Å². The van der Waals surface area contributed by atoms with Gasteiger partial charge in [-0.3, -0.25) is 4.79 Å². The van der Waals surface area contributed by atoms with Gasteiger partial charge in [-0.1, -0.05) is 25.0 Å². The van der Waals surface area contributed by atoms with E-state index in [1.165, 1.54) is 24.3 Å². The van der Waals surface area contributed by atoms with Crippen molar-refractivity contribution in [1.29, 1.82) is 0 Å². The number of fused-ring (bicyclic) bond motifs is 1. The average Bonchev–Trinajstić information content (AvgIpc) is 3.37. The van der Waals surface area contributed by atoms with Crippen LogP contribution in [0.3, 0.4) is 0 Å². The summed E-state index contributed by atoms with van der Waals surface area (Å²) >= 11 is 0. The molecule has 1 aliphatic rings. The molecule has 0 aliphatic heterocycles. The van der Waals surface area contributed by atoms with Crippen molar-refractivity contribution >= 4 is 26.8 Å². The minimum absolute atomic E-state index is 0.0522. The van der Waals surface area contributed by atoms with Crippen molar-refractivity contribution in [3.8, 4) is 11.1 Å². The molecule has 1 saturated carbocycles. The molecule has 30 heavy (non-hydrogen) atoms. The number of halogens is 1. The standard InChI is InChI=1S/C22H24FN3O3S/c23-16-7-10-19-20(14-24-21(19)13-16)15-5-8-18(9-6-15)30(28,29)25-12-11-22(27)26-17-3-1-2-4-17/h5-10,13-14,17,24-25H,1-4,11-12H2,(H,26,27). The minimum atomic E-state index is -3.70. The molecule has 158 valence electrons. The van der Waals surface area contributed by atoms with E-state index in [1.807, 2.05) is 0 Å². The Morgan fingerprint density at radius 1 is 1.10 bits per heavy atom. The molecule has 0 bridgehead atoms. The van der Waals surface area contributed by atoms with E-state index in [-0.39, 0.29) is 35.6 Å². The van der Waals surface area contributed by atoms with Crippen molar-refractivity contribution in [1.82, 2.24) is 15.0 Å². The smallest absolute Gasteiger partial charge is 0.240 e. The van der Waals surface area contributed by atoms with Crippen LogP contribution < -0.4 is 10.0 Å². The highest BCUT2D eigenvalue weighted by atomic mass is 32.2. The second-order valence-corrected chi connectivity index (χ2v) is 9.38. The number of carbonyl (C=O) groups is 1. The van der Waals surface area contributed by atoms with Gasteiger partial charge in [-0.25, -0.2) is 17.5 Å². The lowest BCUT2D eigenvalue weighted by Crippen LogP contribution is -2.35. The number of amides is 1. The van der Waals surface area contributed by atoms with E-state index in [2.05, 4.69) is 15.0 Å². The van der Waals surface area contributed by atoms with Crippen molar-refractivity contribution in [3.05, 3.63) is 54.5 Å². The first-order valence-electron chi connectivity index (χ1n) is 10.1. The lowest BCUT2D eigenvalue weighted by molar-refractivity contribution is -0.121. The van der Waals surface area contributed by atoms with Gasteiger partial charge in [0.05, 0.1) is 4.90 Å². The highest BCUT2D eigenvalue weighted by molar-refractivity contribution is 7.89. The van der Waals surface area contributed by atoms with Crippen LogP contribution in [0.25, 0.3) is 22.0 Å². The number of benzene rings is 2. The Morgan fingerprint density at radius 3 is 2.57 bits per heavy atom. The predicted molar refractivity (Wildman–Crippen MR) is 114 cm³/mol. The molecule has 1 aliphatic carbocycles. The molecular weight excluding hydrogens is 405 g/mol. The van der Waals surface area contributed by atoms with Crippen LogP contribution in [0.15, 0.2) is 53.6 Å². The topological polar surface area (TPSA) is 91.1 Å². The number of aromatic amines is 1. The van der Waals surface area contributed by atoms with Gasteiger partial charge in [0, 0.05) is 41.7 Å². The van der Waals surface area contributed by atoms with Crippen LogP contribution in [0.1, 0.15) is 32.1 Å². The third-order valence-electron chi connectivity index (χ3n) is 5.48. The summed E-state index contributed by atoms with van der Waals surface area (Å²) in [5.74, 6) is -0.448. The second kappa shape index (κ2) is 8.57. The summed E-state index contributed by atoms with van der Waals surface area (Å²) in [6, 6.07) is 11.2. The fraction of sp³-hybridized carbons (Fsp3) is 0.318. The molecule has 2 aromatic carbocycles. The van der Waals surface area contributed by atoms with Gasteiger partial charge in [0.2, 0.25) is 15.9 Å². The quantitative estimate of drug-likeness (QED) is 0.535. The number of aromatic nitrogens is 1. The number of hydrogen-bond acceptors (Lipinski definition) is 3. The van der Waals surface area contributed by atoms with Gasteiger partial charge < -0.3 is 10.3 Å². The van der Waals surface area contributed by atoms with Crippen LogP contribution in [-0.4, -0.2) is 31.9 Å². The van der Waals surface area contributed by atoms with Gasteiger partial charge in [-0.15, -0.1) is 0 Å². The summed E-state index contributed by atoms with van der Waals surface area (Å²) in [6.45, 7) is 0.0522. The van der Waals surface area contributed by atoms with E-state index >= 15 is 0 Å². The van der Waals surface area contributed by atoms with Crippen molar-refractivity contribution in [2.75, 3.05) is 6.54 Å². The molecule has 0 unspecified atom stereocenters. The summed E-state index contributed by atoms with van der Waals surface area (Å²) in [6.07, 6.45) is 6.13. The van der Waals surface area contributed by atoms with Crippen LogP contribution >= 0.6 is 0 Å². The third kappa shape index (κ3) is 4.55. The predicted octanol–water partition coefficient (Wildman–Crippen LogP) is 3.70. The highest BCUT2D eigenvalue weighted by Crippen LogP contribution is 2.29. The van der Waals surface area contributed by atoms with Crippen molar-refractivity contribution in [3.63, 3.8) is 0 Å². The zero-order chi connectivity index (χ0) is 21.1. The van der Waals surface area contributed by atoms with Crippen LogP contribution in [0.5, 0.6) is 0 Å². The number of H-pyrrole nitrogens is 1. The second-order valence-electron chi connectivity index (χ2n) is 7.61. The number of hydrogen-bond donors (Lipinski definition) is 3. The van der Waals surface area contributed by atoms with Gasteiger partial charge in [0.1, 0.15) is 5.82 Å². The number of carbonyl (C=O) groups excluding carboxylic acids is 1. The molecule has 8 heteroatoms. The summed E-state index contributed by atoms with van der Waals surface area (Å²) in [4.78, 5) is 15.1.